The summed E-state index contributed by atoms with van der Waals surface area (Å²) in [7, 11) is 0. The first-order chi connectivity index (χ1) is 10.8. The standard InChI is InChI=1S/C16H20N2O4S/c1-5-9(2)18(8-13(19)20)16(21)14-11(4)17-15(23-14)12-7-6-10(3)22-12/h6-7,9H,5,8H2,1-4H3,(H,19,20). The Kier molecular flexibility index (Phi) is 5.20. The first-order valence-corrected chi connectivity index (χ1v) is 8.22. The summed E-state index contributed by atoms with van der Waals surface area (Å²) in [5.41, 5.74) is 0.586. The Morgan fingerprint density at radius 1 is 1.39 bits per heavy atom. The van der Waals surface area contributed by atoms with Gasteiger partial charge in [-0.25, -0.2) is 4.98 Å². The quantitative estimate of drug-likeness (QED) is 0.874. The Morgan fingerprint density at radius 3 is 2.61 bits per heavy atom. The first-order valence-electron chi connectivity index (χ1n) is 7.40. The van der Waals surface area contributed by atoms with E-state index in [1.54, 1.807) is 6.92 Å². The number of nitrogens with zero attached hydrogens (tertiary/aromatic N) is 2. The summed E-state index contributed by atoms with van der Waals surface area (Å²) in [6, 6.07) is 3.49. The lowest BCUT2D eigenvalue weighted by atomic mass is 10.2. The van der Waals surface area contributed by atoms with E-state index in [1.807, 2.05) is 32.9 Å². The normalized spacial score (nSPS) is 12.2. The van der Waals surface area contributed by atoms with Crippen molar-refractivity contribution in [2.75, 3.05) is 6.54 Å². The average Bonchev–Trinajstić information content (AvgIpc) is 3.09. The molecule has 2 rings (SSSR count). The van der Waals surface area contributed by atoms with Crippen molar-refractivity contribution in [2.45, 2.75) is 40.2 Å². The molecule has 0 saturated carbocycles. The highest BCUT2D eigenvalue weighted by Crippen LogP contribution is 2.30. The summed E-state index contributed by atoms with van der Waals surface area (Å²) in [4.78, 5) is 30.0. The third-order valence-electron chi connectivity index (χ3n) is 3.63. The van der Waals surface area contributed by atoms with Crippen molar-refractivity contribution in [3.05, 3.63) is 28.5 Å². The molecule has 2 aromatic rings. The van der Waals surface area contributed by atoms with Crippen LogP contribution in [0.1, 0.15) is 41.4 Å². The van der Waals surface area contributed by atoms with Gasteiger partial charge in [0.2, 0.25) is 0 Å². The lowest BCUT2D eigenvalue weighted by molar-refractivity contribution is -0.138. The monoisotopic (exact) mass is 336 g/mol. The number of aliphatic carboxylic acids is 1. The number of hydrogen-bond acceptors (Lipinski definition) is 5. The summed E-state index contributed by atoms with van der Waals surface area (Å²) < 4.78 is 5.54. The minimum Gasteiger partial charge on any atom is -0.480 e. The van der Waals surface area contributed by atoms with E-state index in [1.165, 1.54) is 16.2 Å². The molecule has 0 radical (unpaired) electrons. The summed E-state index contributed by atoms with van der Waals surface area (Å²) in [5, 5.41) is 9.68. The maximum atomic E-state index is 12.8. The predicted octanol–water partition coefficient (Wildman–Crippen LogP) is 3.35. The van der Waals surface area contributed by atoms with Gasteiger partial charge in [0.25, 0.3) is 5.91 Å². The highest BCUT2D eigenvalue weighted by Gasteiger charge is 2.27. The molecule has 6 nitrogen and oxygen atoms in total. The van der Waals surface area contributed by atoms with Crippen LogP contribution >= 0.6 is 11.3 Å². The molecule has 124 valence electrons. The first kappa shape index (κ1) is 17.2. The number of aromatic nitrogens is 1. The van der Waals surface area contributed by atoms with Gasteiger partial charge in [-0.05, 0) is 39.3 Å². The molecular formula is C16H20N2O4S. The van der Waals surface area contributed by atoms with Crippen molar-refractivity contribution in [1.82, 2.24) is 9.88 Å². The molecule has 0 fully saturated rings. The number of carbonyl (C=O) groups is 2. The van der Waals surface area contributed by atoms with Gasteiger partial charge in [-0.1, -0.05) is 6.92 Å². The highest BCUT2D eigenvalue weighted by atomic mass is 32.1. The van der Waals surface area contributed by atoms with Crippen LogP contribution in [0.4, 0.5) is 0 Å². The zero-order chi connectivity index (χ0) is 17.1. The number of hydrogen-bond donors (Lipinski definition) is 1. The van der Waals surface area contributed by atoms with Crippen molar-refractivity contribution < 1.29 is 19.1 Å². The van der Waals surface area contributed by atoms with E-state index >= 15 is 0 Å². The molecule has 1 N–H and O–H groups in total. The van der Waals surface area contributed by atoms with Crippen molar-refractivity contribution >= 4 is 23.2 Å². The molecule has 0 aromatic carbocycles. The summed E-state index contributed by atoms with van der Waals surface area (Å²) >= 11 is 1.23. The minimum atomic E-state index is -1.03. The molecule has 23 heavy (non-hydrogen) atoms. The summed E-state index contributed by atoms with van der Waals surface area (Å²) in [5.74, 6) is 0.0600. The zero-order valence-electron chi connectivity index (χ0n) is 13.6. The Hall–Kier alpha value is -2.15. The van der Waals surface area contributed by atoms with Crippen LogP contribution in [0.5, 0.6) is 0 Å². The van der Waals surface area contributed by atoms with E-state index in [2.05, 4.69) is 4.98 Å². The molecule has 1 unspecified atom stereocenters. The molecule has 1 amide bonds. The van der Waals surface area contributed by atoms with Crippen LogP contribution < -0.4 is 0 Å². The fraction of sp³-hybridized carbons (Fsp3) is 0.438. The fourth-order valence-electron chi connectivity index (χ4n) is 2.17. The Balaban J connectivity index is 2.34. The van der Waals surface area contributed by atoms with Crippen LogP contribution in [0.25, 0.3) is 10.8 Å². The third kappa shape index (κ3) is 3.79. The lowest BCUT2D eigenvalue weighted by Crippen LogP contribution is -2.41. The van der Waals surface area contributed by atoms with Crippen molar-refractivity contribution in [3.63, 3.8) is 0 Å². The third-order valence-corrected chi connectivity index (χ3v) is 4.79. The van der Waals surface area contributed by atoms with Gasteiger partial charge in [0.15, 0.2) is 10.8 Å². The van der Waals surface area contributed by atoms with Crippen molar-refractivity contribution in [2.24, 2.45) is 0 Å². The summed E-state index contributed by atoms with van der Waals surface area (Å²) in [6.07, 6.45) is 0.682. The number of amides is 1. The predicted molar refractivity (Wildman–Crippen MR) is 87.7 cm³/mol. The molecule has 0 spiro atoms. The minimum absolute atomic E-state index is 0.158. The molecule has 0 aliphatic carbocycles. The molecule has 0 aliphatic heterocycles. The van der Waals surface area contributed by atoms with Gasteiger partial charge in [-0.2, -0.15) is 0 Å². The number of carboxylic acid groups (broad SMARTS) is 1. The molecular weight excluding hydrogens is 316 g/mol. The van der Waals surface area contributed by atoms with E-state index in [0.717, 1.165) is 5.76 Å². The number of carbonyl (C=O) groups excluding carboxylic acids is 1. The van der Waals surface area contributed by atoms with Crippen LogP contribution in [0, 0.1) is 13.8 Å². The topological polar surface area (TPSA) is 83.6 Å². The van der Waals surface area contributed by atoms with Gasteiger partial charge in [-0.3, -0.25) is 9.59 Å². The smallest absolute Gasteiger partial charge is 0.323 e. The van der Waals surface area contributed by atoms with Crippen molar-refractivity contribution in [1.29, 1.82) is 0 Å². The van der Waals surface area contributed by atoms with Gasteiger partial charge in [0, 0.05) is 6.04 Å². The second kappa shape index (κ2) is 6.95. The van der Waals surface area contributed by atoms with Gasteiger partial charge < -0.3 is 14.4 Å². The maximum absolute atomic E-state index is 12.8. The molecule has 0 aliphatic rings. The van der Waals surface area contributed by atoms with Crippen LogP contribution in [0.15, 0.2) is 16.5 Å². The van der Waals surface area contributed by atoms with Gasteiger partial charge in [-0.15, -0.1) is 11.3 Å². The van der Waals surface area contributed by atoms with Crippen LogP contribution in [-0.2, 0) is 4.79 Å². The average molecular weight is 336 g/mol. The number of thiazole rings is 1. The molecule has 2 aromatic heterocycles. The van der Waals surface area contributed by atoms with Crippen LogP contribution in [0.2, 0.25) is 0 Å². The number of furan rings is 1. The second-order valence-electron chi connectivity index (χ2n) is 5.43. The number of rotatable bonds is 6. The number of carboxylic acids is 1. The fourth-order valence-corrected chi connectivity index (χ4v) is 3.16. The SMILES string of the molecule is CCC(C)N(CC(=O)O)C(=O)c1sc(-c2ccc(C)o2)nc1C. The van der Waals surface area contributed by atoms with E-state index in [9.17, 15) is 9.59 Å². The van der Waals surface area contributed by atoms with Gasteiger partial charge in [0.05, 0.1) is 5.69 Å². The molecule has 1 atom stereocenters. The van der Waals surface area contributed by atoms with E-state index < -0.39 is 5.97 Å². The maximum Gasteiger partial charge on any atom is 0.323 e. The molecule has 0 bridgehead atoms. The number of aryl methyl sites for hydroxylation is 2. The Labute approximate surface area is 138 Å². The Bertz CT molecular complexity index is 719. The molecule has 7 heteroatoms. The Morgan fingerprint density at radius 2 is 2.09 bits per heavy atom. The second-order valence-corrected chi connectivity index (χ2v) is 6.43. The van der Waals surface area contributed by atoms with Gasteiger partial charge in [0.1, 0.15) is 17.2 Å². The van der Waals surface area contributed by atoms with E-state index in [-0.39, 0.29) is 18.5 Å². The van der Waals surface area contributed by atoms with Gasteiger partial charge >= 0.3 is 5.97 Å². The molecule has 0 saturated heterocycles. The van der Waals surface area contributed by atoms with E-state index in [4.69, 9.17) is 9.52 Å². The summed E-state index contributed by atoms with van der Waals surface area (Å²) in [6.45, 7) is 7.03. The highest BCUT2D eigenvalue weighted by molar-refractivity contribution is 7.17. The molecule has 2 heterocycles. The van der Waals surface area contributed by atoms with Crippen LogP contribution in [-0.4, -0.2) is 39.5 Å². The largest absolute Gasteiger partial charge is 0.480 e. The van der Waals surface area contributed by atoms with Crippen LogP contribution in [0.3, 0.4) is 0 Å². The zero-order valence-corrected chi connectivity index (χ0v) is 14.4. The lowest BCUT2D eigenvalue weighted by Gasteiger charge is -2.26. The van der Waals surface area contributed by atoms with Crippen molar-refractivity contribution in [3.8, 4) is 10.8 Å². The van der Waals surface area contributed by atoms with E-state index in [0.29, 0.717) is 27.8 Å².